The van der Waals surface area contributed by atoms with E-state index in [-0.39, 0.29) is 30.3 Å². The maximum absolute atomic E-state index is 13.3. The molecule has 0 unspecified atom stereocenters. The molecule has 0 aliphatic carbocycles. The molecule has 2 aromatic heterocycles. The van der Waals surface area contributed by atoms with Crippen molar-refractivity contribution in [2.75, 3.05) is 0 Å². The molecule has 4 aromatic rings. The molecule has 2 N–H and O–H groups in total. The highest BCUT2D eigenvalue weighted by Crippen LogP contribution is 2.30. The summed E-state index contributed by atoms with van der Waals surface area (Å²) >= 11 is 0. The largest absolute Gasteiger partial charge is 0.481 e. The Morgan fingerprint density at radius 1 is 1.05 bits per heavy atom. The zero-order valence-electron chi connectivity index (χ0n) is 21.3. The van der Waals surface area contributed by atoms with E-state index < -0.39 is 35.1 Å². The van der Waals surface area contributed by atoms with E-state index in [4.69, 9.17) is 4.74 Å². The zero-order valence-corrected chi connectivity index (χ0v) is 21.3. The highest BCUT2D eigenvalue weighted by Gasteiger charge is 2.32. The smallest absolute Gasteiger partial charge is 0.433 e. The number of carbonyl (C=O) groups is 1. The number of benzene rings is 2. The van der Waals surface area contributed by atoms with Crippen molar-refractivity contribution in [3.63, 3.8) is 0 Å². The summed E-state index contributed by atoms with van der Waals surface area (Å²) in [6.45, 7) is 3.00. The summed E-state index contributed by atoms with van der Waals surface area (Å²) in [4.78, 5) is 47.8. The van der Waals surface area contributed by atoms with E-state index in [1.807, 2.05) is 31.2 Å². The summed E-state index contributed by atoms with van der Waals surface area (Å²) in [5, 5.41) is 9.25. The Morgan fingerprint density at radius 2 is 1.73 bits per heavy atom. The number of alkyl halides is 3. The Bertz CT molecular complexity index is 1710. The number of aryl methyl sites for hydroxylation is 1. The topological polar surface area (TPSA) is 132 Å². The third kappa shape index (κ3) is 6.73. The first-order chi connectivity index (χ1) is 18.9. The second-order valence-electron chi connectivity index (χ2n) is 9.02. The van der Waals surface area contributed by atoms with Crippen molar-refractivity contribution in [1.29, 1.82) is 0 Å². The Hall–Kier alpha value is -4.94. The van der Waals surface area contributed by atoms with Crippen LogP contribution < -0.4 is 21.7 Å². The predicted molar refractivity (Wildman–Crippen MR) is 137 cm³/mol. The molecule has 0 amide bonds. The van der Waals surface area contributed by atoms with E-state index in [9.17, 15) is 32.7 Å². The Balaban J connectivity index is 1.71. The van der Waals surface area contributed by atoms with E-state index in [2.05, 4.69) is 15.0 Å². The van der Waals surface area contributed by atoms with Gasteiger partial charge in [-0.15, -0.1) is 0 Å². The van der Waals surface area contributed by atoms with Crippen molar-refractivity contribution in [2.24, 2.45) is 10.9 Å². The van der Waals surface area contributed by atoms with Gasteiger partial charge in [0.15, 0.2) is 0 Å². The van der Waals surface area contributed by atoms with Crippen molar-refractivity contribution in [1.82, 2.24) is 19.1 Å². The summed E-state index contributed by atoms with van der Waals surface area (Å²) < 4.78 is 46.2. The number of ether oxygens (including phenoxy) is 1. The first-order valence-corrected chi connectivity index (χ1v) is 12.0. The molecule has 0 radical (unpaired) electrons. The number of hydrogen-bond donors (Lipinski definition) is 2. The van der Waals surface area contributed by atoms with E-state index in [1.165, 1.54) is 47.9 Å². The van der Waals surface area contributed by atoms with Gasteiger partial charge >= 0.3 is 23.5 Å². The molecule has 0 bridgehead atoms. The van der Waals surface area contributed by atoms with E-state index in [0.717, 1.165) is 21.8 Å². The third-order valence-corrected chi connectivity index (χ3v) is 5.83. The van der Waals surface area contributed by atoms with Gasteiger partial charge in [-0.3, -0.25) is 14.3 Å². The van der Waals surface area contributed by atoms with Gasteiger partial charge in [-0.1, -0.05) is 42.8 Å². The highest BCUT2D eigenvalue weighted by molar-refractivity contribution is 5.69. The van der Waals surface area contributed by atoms with E-state index >= 15 is 0 Å². The number of pyridine rings is 1. The molecule has 2 heterocycles. The fraction of sp³-hybridized carbons (Fsp3) is 0.222. The minimum absolute atomic E-state index is 0.0403. The first kappa shape index (κ1) is 28.1. The highest BCUT2D eigenvalue weighted by atomic mass is 19.4. The van der Waals surface area contributed by atoms with Crippen molar-refractivity contribution >= 4 is 11.7 Å². The molecule has 0 saturated heterocycles. The van der Waals surface area contributed by atoms with Crippen molar-refractivity contribution < 1.29 is 27.8 Å². The average Bonchev–Trinajstić information content (AvgIpc) is 2.90. The van der Waals surface area contributed by atoms with Crippen LogP contribution in [0.4, 0.5) is 18.9 Å². The fourth-order valence-electron chi connectivity index (χ4n) is 3.63. The lowest BCUT2D eigenvalue weighted by Gasteiger charge is -2.13. The third-order valence-electron chi connectivity index (χ3n) is 5.83. The molecule has 4 rings (SSSR count). The molecular formula is C27H24F3N5O5. The number of aromatic nitrogens is 4. The van der Waals surface area contributed by atoms with Crippen LogP contribution in [0.15, 0.2) is 81.3 Å². The van der Waals surface area contributed by atoms with Gasteiger partial charge < -0.3 is 9.84 Å². The molecule has 0 aliphatic rings. The van der Waals surface area contributed by atoms with Crippen LogP contribution in [0.25, 0.3) is 0 Å². The lowest BCUT2D eigenvalue weighted by atomic mass is 10.1. The molecule has 208 valence electrons. The van der Waals surface area contributed by atoms with E-state index in [1.54, 1.807) is 0 Å². The number of hydrogen-bond acceptors (Lipinski definition) is 6. The molecule has 0 saturated carbocycles. The van der Waals surface area contributed by atoms with Gasteiger partial charge in [-0.25, -0.2) is 24.1 Å². The van der Waals surface area contributed by atoms with Gasteiger partial charge in [0.25, 0.3) is 0 Å². The number of nitrogens with zero attached hydrogens (tertiary/aromatic N) is 4. The second kappa shape index (κ2) is 11.4. The number of H-pyrrole nitrogens is 1. The van der Waals surface area contributed by atoms with Gasteiger partial charge in [0.1, 0.15) is 11.4 Å². The van der Waals surface area contributed by atoms with E-state index in [0.29, 0.717) is 5.69 Å². The lowest BCUT2D eigenvalue weighted by molar-refractivity contribution is -0.142. The maximum Gasteiger partial charge on any atom is 0.433 e. The van der Waals surface area contributed by atoms with Crippen LogP contribution in [0, 0.1) is 12.8 Å². The number of aromatic amines is 1. The first-order valence-electron chi connectivity index (χ1n) is 12.0. The van der Waals surface area contributed by atoms with Gasteiger partial charge in [0, 0.05) is 12.6 Å². The van der Waals surface area contributed by atoms with Gasteiger partial charge in [-0.2, -0.15) is 13.2 Å². The Kier molecular flexibility index (Phi) is 8.03. The monoisotopic (exact) mass is 555 g/mol. The second-order valence-corrected chi connectivity index (χ2v) is 9.02. The summed E-state index contributed by atoms with van der Waals surface area (Å²) in [6.07, 6.45) is -4.62. The predicted octanol–water partition coefficient (Wildman–Crippen LogP) is 3.85. The number of halogens is 3. The van der Waals surface area contributed by atoms with Crippen LogP contribution in [0.1, 0.15) is 23.7 Å². The minimum Gasteiger partial charge on any atom is -0.481 e. The summed E-state index contributed by atoms with van der Waals surface area (Å²) in [5.74, 6) is -2.22. The summed E-state index contributed by atoms with van der Waals surface area (Å²) in [5.41, 5.74) is -0.691. The number of carboxylic acid groups (broad SMARTS) is 1. The van der Waals surface area contributed by atoms with Crippen LogP contribution in [-0.4, -0.2) is 30.2 Å². The van der Waals surface area contributed by atoms with Crippen LogP contribution in [0.2, 0.25) is 0 Å². The van der Waals surface area contributed by atoms with Gasteiger partial charge in [0.05, 0.1) is 18.2 Å². The van der Waals surface area contributed by atoms with Crippen LogP contribution in [0.3, 0.4) is 0 Å². The van der Waals surface area contributed by atoms with Crippen molar-refractivity contribution in [2.45, 2.75) is 33.1 Å². The number of carboxylic acids is 1. The normalized spacial score (nSPS) is 12.8. The molecule has 40 heavy (non-hydrogen) atoms. The lowest BCUT2D eigenvalue weighted by Crippen LogP contribution is -2.51. The quantitative estimate of drug-likeness (QED) is 0.340. The molecule has 0 fully saturated rings. The molecule has 0 aliphatic heterocycles. The Morgan fingerprint density at radius 3 is 2.35 bits per heavy atom. The van der Waals surface area contributed by atoms with Gasteiger partial charge in [-0.05, 0) is 42.8 Å². The van der Waals surface area contributed by atoms with Crippen molar-refractivity contribution in [3.05, 3.63) is 110 Å². The average molecular weight is 556 g/mol. The van der Waals surface area contributed by atoms with Crippen molar-refractivity contribution in [3.8, 4) is 11.6 Å². The maximum atomic E-state index is 13.3. The molecule has 13 heteroatoms. The molecule has 10 nitrogen and oxygen atoms in total. The van der Waals surface area contributed by atoms with Crippen LogP contribution in [-0.2, 0) is 24.1 Å². The molecular weight excluding hydrogens is 531 g/mol. The fourth-order valence-corrected chi connectivity index (χ4v) is 3.63. The number of aliphatic carboxylic acids is 1. The SMILES string of the molecule is Cc1ccc(Cn2c(=O)n(C[C@H](C)C(=O)O)c(=O)[nH]/c2=N\c2ccc(Oc3cccc(C(F)(F)F)n3)cc2)cc1. The molecule has 1 atom stereocenters. The van der Waals surface area contributed by atoms with Crippen LogP contribution in [0.5, 0.6) is 11.6 Å². The Labute approximate surface area is 224 Å². The van der Waals surface area contributed by atoms with Crippen LogP contribution >= 0.6 is 0 Å². The summed E-state index contributed by atoms with van der Waals surface area (Å²) in [7, 11) is 0. The number of rotatable bonds is 8. The summed E-state index contributed by atoms with van der Waals surface area (Å²) in [6, 6.07) is 16.5. The number of nitrogens with one attached hydrogen (secondary N) is 1. The van der Waals surface area contributed by atoms with Gasteiger partial charge in [0.2, 0.25) is 11.5 Å². The minimum atomic E-state index is -4.62. The zero-order chi connectivity index (χ0) is 29.0. The molecule has 0 spiro atoms. The molecule has 2 aromatic carbocycles. The standard InChI is InChI=1S/C27H24F3N5O5/c1-16-6-8-18(9-7-16)15-34-24(33-25(38)35(26(34)39)14-17(2)23(36)37)31-19-10-12-20(13-11-19)40-22-5-3-4-21(32-22)27(28,29)30/h3-13,17H,14-15H2,1-2H3,(H,36,37)(H,31,33,38)/t17-/m0/s1.